The van der Waals surface area contributed by atoms with E-state index in [0.717, 1.165) is 6.61 Å². The number of rotatable bonds is 1. The molecule has 1 unspecified atom stereocenters. The van der Waals surface area contributed by atoms with Crippen LogP contribution < -0.4 is 0 Å². The summed E-state index contributed by atoms with van der Waals surface area (Å²) in [7, 11) is -0.700. The summed E-state index contributed by atoms with van der Waals surface area (Å²) in [5.41, 5.74) is 0. The standard InChI is InChI=1S/C7H15OSi.Fe/c1-9(2)7-5-3-4-6-8-7;/h9H,3-6H2,1-2H3;. The maximum atomic E-state index is 5.68. The van der Waals surface area contributed by atoms with Crippen LogP contribution in [-0.4, -0.2) is 19.5 Å². The maximum absolute atomic E-state index is 5.68. The molecule has 1 atom stereocenters. The van der Waals surface area contributed by atoms with Gasteiger partial charge in [0.2, 0.25) is 0 Å². The van der Waals surface area contributed by atoms with E-state index in [1.165, 1.54) is 19.3 Å². The van der Waals surface area contributed by atoms with E-state index in [0.29, 0.717) is 0 Å². The van der Waals surface area contributed by atoms with Crippen LogP contribution in [0.5, 0.6) is 0 Å². The normalized spacial score (nSPS) is 34.8. The Bertz CT molecular complexity index is 110. The van der Waals surface area contributed by atoms with Gasteiger partial charge in [-0.3, -0.25) is 0 Å². The van der Waals surface area contributed by atoms with Crippen molar-refractivity contribution in [2.75, 3.05) is 6.61 Å². The van der Waals surface area contributed by atoms with E-state index in [2.05, 4.69) is 29.1 Å². The summed E-state index contributed by atoms with van der Waals surface area (Å²) in [6.07, 6.45) is 3.74. The van der Waals surface area contributed by atoms with E-state index >= 15 is 0 Å². The van der Waals surface area contributed by atoms with Crippen LogP contribution in [0.3, 0.4) is 0 Å². The van der Waals surface area contributed by atoms with E-state index in [9.17, 15) is 0 Å². The van der Waals surface area contributed by atoms with Crippen LogP contribution in [0, 0.1) is 0 Å². The summed E-state index contributed by atoms with van der Waals surface area (Å²) in [5, 5.41) is 0. The molecule has 0 amide bonds. The molecule has 61 valence electrons. The molecule has 1 saturated heterocycles. The summed E-state index contributed by atoms with van der Waals surface area (Å²) < 4.78 is 5.75. The Kier molecular flexibility index (Phi) is 2.98. The van der Waals surface area contributed by atoms with Crippen molar-refractivity contribution in [3.8, 4) is 0 Å². The SMILES string of the molecule is C[SiH](C)[C]1([Fe])CCCCO1. The van der Waals surface area contributed by atoms with Gasteiger partial charge in [-0.05, 0) is 0 Å². The van der Waals surface area contributed by atoms with E-state index in [4.69, 9.17) is 4.74 Å². The molecule has 0 aromatic carbocycles. The Balaban J connectivity index is 2.48. The second-order valence-corrected chi connectivity index (χ2v) is 7.96. The Morgan fingerprint density at radius 3 is 2.40 bits per heavy atom. The third kappa shape index (κ3) is 1.85. The van der Waals surface area contributed by atoms with Crippen LogP contribution in [0.1, 0.15) is 19.3 Å². The summed E-state index contributed by atoms with van der Waals surface area (Å²) in [4.78, 5) is 0. The average molecular weight is 199 g/mol. The Labute approximate surface area is 72.9 Å². The second-order valence-electron chi connectivity index (χ2n) is 3.23. The molecule has 1 aliphatic rings. The summed E-state index contributed by atoms with van der Waals surface area (Å²) in [5.74, 6) is 0. The third-order valence-corrected chi connectivity index (χ3v) is 6.59. The molecular formula is C7H15FeOSi. The van der Waals surface area contributed by atoms with Gasteiger partial charge in [-0.15, -0.1) is 0 Å². The predicted octanol–water partition coefficient (Wildman–Crippen LogP) is 1.46. The summed E-state index contributed by atoms with van der Waals surface area (Å²) in [6, 6.07) is 0. The first-order valence-electron chi connectivity index (χ1n) is 3.97. The molecule has 3 heteroatoms. The molecule has 0 N–H and O–H groups in total. The van der Waals surface area contributed by atoms with Gasteiger partial charge in [-0.2, -0.15) is 0 Å². The van der Waals surface area contributed by atoms with E-state index in [1.54, 1.807) is 0 Å². The molecule has 0 aromatic heterocycles. The molecule has 1 aliphatic heterocycles. The van der Waals surface area contributed by atoms with Gasteiger partial charge in [0.25, 0.3) is 0 Å². The zero-order valence-electron chi connectivity index (χ0n) is 6.67. The van der Waals surface area contributed by atoms with Crippen molar-refractivity contribution >= 4 is 8.80 Å². The molecule has 0 saturated carbocycles. The fourth-order valence-electron chi connectivity index (χ4n) is 1.23. The molecular weight excluding hydrogens is 184 g/mol. The molecule has 0 aliphatic carbocycles. The van der Waals surface area contributed by atoms with Crippen LogP contribution >= 0.6 is 0 Å². The van der Waals surface area contributed by atoms with E-state index in [-0.39, 0.29) is 4.12 Å². The topological polar surface area (TPSA) is 9.23 Å². The molecule has 1 rings (SSSR count). The van der Waals surface area contributed by atoms with Gasteiger partial charge in [0, 0.05) is 0 Å². The monoisotopic (exact) mass is 199 g/mol. The van der Waals surface area contributed by atoms with Gasteiger partial charge in [0.15, 0.2) is 0 Å². The Morgan fingerprint density at radius 1 is 1.40 bits per heavy atom. The summed E-state index contributed by atoms with van der Waals surface area (Å²) in [6.45, 7) is 5.57. The number of ether oxygens (including phenoxy) is 1. The average Bonchev–Trinajstić information content (AvgIpc) is 1.89. The van der Waals surface area contributed by atoms with Crippen molar-refractivity contribution in [2.45, 2.75) is 36.5 Å². The van der Waals surface area contributed by atoms with Gasteiger partial charge in [-0.1, -0.05) is 0 Å². The van der Waals surface area contributed by atoms with Crippen molar-refractivity contribution in [3.05, 3.63) is 0 Å². The Hall–Kier alpha value is 0.696. The van der Waals surface area contributed by atoms with Gasteiger partial charge < -0.3 is 0 Å². The van der Waals surface area contributed by atoms with Crippen molar-refractivity contribution in [3.63, 3.8) is 0 Å². The van der Waals surface area contributed by atoms with Crippen molar-refractivity contribution < 1.29 is 20.7 Å². The van der Waals surface area contributed by atoms with Crippen molar-refractivity contribution in [2.24, 2.45) is 0 Å². The van der Waals surface area contributed by atoms with Crippen LogP contribution in [0.2, 0.25) is 13.1 Å². The molecule has 0 radical (unpaired) electrons. The van der Waals surface area contributed by atoms with E-state index in [1.807, 2.05) is 0 Å². The third-order valence-electron chi connectivity index (χ3n) is 2.09. The number of hydrogen-bond acceptors (Lipinski definition) is 1. The first-order chi connectivity index (χ1) is 4.65. The van der Waals surface area contributed by atoms with Crippen LogP contribution in [0.4, 0.5) is 0 Å². The zero-order chi connectivity index (χ0) is 7.61. The van der Waals surface area contributed by atoms with Crippen LogP contribution in [-0.2, 0) is 20.7 Å². The van der Waals surface area contributed by atoms with Crippen LogP contribution in [0.15, 0.2) is 0 Å². The van der Waals surface area contributed by atoms with Crippen molar-refractivity contribution in [1.82, 2.24) is 0 Å². The van der Waals surface area contributed by atoms with Gasteiger partial charge in [-0.25, -0.2) is 0 Å². The molecule has 1 nitrogen and oxygen atoms in total. The van der Waals surface area contributed by atoms with Gasteiger partial charge in [0.1, 0.15) is 0 Å². The zero-order valence-corrected chi connectivity index (χ0v) is 8.93. The minimum absolute atomic E-state index is 0.0677. The quantitative estimate of drug-likeness (QED) is 0.581. The minimum atomic E-state index is -0.700. The first-order valence-corrected chi connectivity index (χ1v) is 7.41. The number of hydrogen-bond donors (Lipinski definition) is 0. The molecule has 10 heavy (non-hydrogen) atoms. The molecule has 1 fully saturated rings. The fraction of sp³-hybridized carbons (Fsp3) is 1.00. The molecule has 0 bridgehead atoms. The fourth-order valence-corrected chi connectivity index (χ4v) is 2.77. The Morgan fingerprint density at radius 2 is 2.10 bits per heavy atom. The molecule has 0 spiro atoms. The molecule has 0 aromatic rings. The second kappa shape index (κ2) is 3.40. The van der Waals surface area contributed by atoms with Gasteiger partial charge >= 0.3 is 72.6 Å². The van der Waals surface area contributed by atoms with Gasteiger partial charge in [0.05, 0.1) is 0 Å². The van der Waals surface area contributed by atoms with E-state index < -0.39 is 8.80 Å². The summed E-state index contributed by atoms with van der Waals surface area (Å²) >= 11 is 4.17. The predicted molar refractivity (Wildman–Crippen MR) is 41.4 cm³/mol. The first kappa shape index (κ1) is 8.79. The van der Waals surface area contributed by atoms with Crippen molar-refractivity contribution in [1.29, 1.82) is 0 Å². The molecule has 1 heterocycles. The van der Waals surface area contributed by atoms with Crippen LogP contribution in [0.25, 0.3) is 0 Å².